The van der Waals surface area contributed by atoms with E-state index in [9.17, 15) is 5.21 Å². The van der Waals surface area contributed by atoms with Crippen molar-refractivity contribution in [2.75, 3.05) is 0 Å². The first-order valence-corrected chi connectivity index (χ1v) is 10.4. The van der Waals surface area contributed by atoms with Gasteiger partial charge in [0.15, 0.2) is 0 Å². The number of oxime groups is 1. The average Bonchev–Trinajstić information content (AvgIpc) is 2.64. The monoisotopic (exact) mass is 391 g/mol. The minimum atomic E-state index is -0.366. The van der Waals surface area contributed by atoms with Gasteiger partial charge in [0.05, 0.1) is 5.71 Å². The Balaban J connectivity index is 2.61. The molecule has 2 heteroatoms. The first kappa shape index (κ1) is 22.9. The van der Waals surface area contributed by atoms with Crippen LogP contribution >= 0.6 is 0 Å². The van der Waals surface area contributed by atoms with E-state index in [0.717, 1.165) is 5.57 Å². The Hall–Kier alpha value is -2.35. The Bertz CT molecular complexity index is 824. The second kappa shape index (κ2) is 8.18. The van der Waals surface area contributed by atoms with Crippen LogP contribution in [0.4, 0.5) is 0 Å². The minimum Gasteiger partial charge on any atom is -0.411 e. The third-order valence-electron chi connectivity index (χ3n) is 5.71. The maximum atomic E-state index is 9.33. The largest absolute Gasteiger partial charge is 0.411 e. The van der Waals surface area contributed by atoms with Gasteiger partial charge in [0.1, 0.15) is 0 Å². The van der Waals surface area contributed by atoms with Crippen molar-refractivity contribution in [1.82, 2.24) is 0 Å². The molecule has 0 bridgehead atoms. The molecule has 0 atom stereocenters. The summed E-state index contributed by atoms with van der Waals surface area (Å²) >= 11 is 0. The van der Waals surface area contributed by atoms with E-state index in [1.807, 2.05) is 6.92 Å². The van der Waals surface area contributed by atoms with Gasteiger partial charge in [-0.3, -0.25) is 0 Å². The Kier molecular flexibility index (Phi) is 6.47. The molecule has 0 heterocycles. The number of nitrogens with zero attached hydrogens (tertiary/aromatic N) is 1. The molecule has 1 N–H and O–H groups in total. The summed E-state index contributed by atoms with van der Waals surface area (Å²) in [6, 6.07) is 17.7. The predicted molar refractivity (Wildman–Crippen MR) is 126 cm³/mol. The van der Waals surface area contributed by atoms with E-state index < -0.39 is 0 Å². The van der Waals surface area contributed by atoms with Crippen LogP contribution in [-0.4, -0.2) is 10.9 Å². The Morgan fingerprint density at radius 3 is 1.31 bits per heavy atom. The summed E-state index contributed by atoms with van der Waals surface area (Å²) in [5.74, 6) is 0. The lowest BCUT2D eigenvalue weighted by atomic mass is 9.81. The molecule has 0 aromatic heterocycles. The summed E-state index contributed by atoms with van der Waals surface area (Å²) in [4.78, 5) is 0. The van der Waals surface area contributed by atoms with Gasteiger partial charge < -0.3 is 5.21 Å². The van der Waals surface area contributed by atoms with Crippen molar-refractivity contribution in [3.8, 4) is 0 Å². The first-order valence-electron chi connectivity index (χ1n) is 10.4. The minimum absolute atomic E-state index is 0.121. The van der Waals surface area contributed by atoms with Gasteiger partial charge in [0, 0.05) is 5.41 Å². The van der Waals surface area contributed by atoms with E-state index in [1.165, 1.54) is 22.3 Å². The van der Waals surface area contributed by atoms with Crippen LogP contribution in [0.3, 0.4) is 0 Å². The lowest BCUT2D eigenvalue weighted by Gasteiger charge is -2.24. The van der Waals surface area contributed by atoms with Crippen molar-refractivity contribution in [3.63, 3.8) is 0 Å². The molecule has 0 amide bonds. The van der Waals surface area contributed by atoms with Gasteiger partial charge in [-0.15, -0.1) is 0 Å². The fraction of sp³-hybridized carbons (Fsp3) is 0.444. The maximum absolute atomic E-state index is 9.33. The number of allylic oxidation sites excluding steroid dienone is 1. The zero-order chi connectivity index (χ0) is 22.0. The molecule has 0 radical (unpaired) electrons. The van der Waals surface area contributed by atoms with Crippen molar-refractivity contribution in [3.05, 3.63) is 76.9 Å². The van der Waals surface area contributed by atoms with Gasteiger partial charge >= 0.3 is 0 Å². The highest BCUT2D eigenvalue weighted by atomic mass is 16.4. The SMILES string of the molecule is C/C(=N/O)C(C)(C)C=C(c1ccc(C(C)(C)C)cc1)c1ccc(C(C)(C)C)cc1. The Morgan fingerprint density at radius 2 is 1.03 bits per heavy atom. The van der Waals surface area contributed by atoms with Crippen LogP contribution in [0.25, 0.3) is 5.57 Å². The zero-order valence-electron chi connectivity index (χ0n) is 19.6. The molecule has 0 saturated heterocycles. The van der Waals surface area contributed by atoms with E-state index >= 15 is 0 Å². The summed E-state index contributed by atoms with van der Waals surface area (Å²) < 4.78 is 0. The highest BCUT2D eigenvalue weighted by Crippen LogP contribution is 2.33. The molecule has 2 nitrogen and oxygen atoms in total. The average molecular weight is 392 g/mol. The van der Waals surface area contributed by atoms with Crippen LogP contribution in [-0.2, 0) is 10.8 Å². The Morgan fingerprint density at radius 1 is 0.690 bits per heavy atom. The van der Waals surface area contributed by atoms with Crippen LogP contribution < -0.4 is 0 Å². The number of hydrogen-bond acceptors (Lipinski definition) is 2. The second-order valence-corrected chi connectivity index (χ2v) is 10.6. The third kappa shape index (κ3) is 5.59. The number of rotatable bonds is 4. The van der Waals surface area contributed by atoms with Crippen molar-refractivity contribution in [2.24, 2.45) is 10.6 Å². The van der Waals surface area contributed by atoms with Crippen LogP contribution in [0.5, 0.6) is 0 Å². The molecule has 0 saturated carbocycles. The summed E-state index contributed by atoms with van der Waals surface area (Å²) in [6.45, 7) is 19.4. The smallest absolute Gasteiger partial charge is 0.0633 e. The van der Waals surface area contributed by atoms with Gasteiger partial charge in [0.25, 0.3) is 0 Å². The molecule has 2 rings (SSSR count). The summed E-state index contributed by atoms with van der Waals surface area (Å²) in [5, 5.41) is 12.8. The molecule has 0 aliphatic carbocycles. The van der Waals surface area contributed by atoms with E-state index in [2.05, 4.69) is 115 Å². The van der Waals surface area contributed by atoms with E-state index in [1.54, 1.807) is 0 Å². The molecular weight excluding hydrogens is 354 g/mol. The number of benzene rings is 2. The highest BCUT2D eigenvalue weighted by molar-refractivity contribution is 5.92. The van der Waals surface area contributed by atoms with Crippen molar-refractivity contribution >= 4 is 11.3 Å². The van der Waals surface area contributed by atoms with E-state index in [-0.39, 0.29) is 16.2 Å². The van der Waals surface area contributed by atoms with E-state index in [0.29, 0.717) is 5.71 Å². The van der Waals surface area contributed by atoms with Gasteiger partial charge in [-0.2, -0.15) is 0 Å². The second-order valence-electron chi connectivity index (χ2n) is 10.6. The normalized spacial score (nSPS) is 13.3. The molecule has 2 aromatic rings. The molecule has 0 aliphatic heterocycles. The molecule has 2 aromatic carbocycles. The molecule has 0 spiro atoms. The maximum Gasteiger partial charge on any atom is 0.0633 e. The standard InChI is InChI=1S/C27H37NO/c1-19(28-29)27(8,9)18-24(20-10-14-22(15-11-20)25(2,3)4)21-12-16-23(17-13-21)26(5,6)7/h10-18,29H,1-9H3/b28-19-. The Labute approximate surface area is 177 Å². The molecule has 29 heavy (non-hydrogen) atoms. The molecule has 156 valence electrons. The predicted octanol–water partition coefficient (Wildman–Crippen LogP) is 7.59. The van der Waals surface area contributed by atoms with Gasteiger partial charge in [-0.1, -0.05) is 115 Å². The third-order valence-corrected chi connectivity index (χ3v) is 5.71. The van der Waals surface area contributed by atoms with Crippen LogP contribution in [0.2, 0.25) is 0 Å². The molecule has 0 aliphatic rings. The lowest BCUT2D eigenvalue weighted by molar-refractivity contribution is 0.312. The van der Waals surface area contributed by atoms with Gasteiger partial charge in [-0.05, 0) is 45.6 Å². The zero-order valence-corrected chi connectivity index (χ0v) is 19.6. The lowest BCUT2D eigenvalue weighted by Crippen LogP contribution is -2.19. The van der Waals surface area contributed by atoms with Crippen LogP contribution in [0.15, 0.2) is 59.8 Å². The van der Waals surface area contributed by atoms with E-state index in [4.69, 9.17) is 0 Å². The van der Waals surface area contributed by atoms with Crippen molar-refractivity contribution < 1.29 is 5.21 Å². The van der Waals surface area contributed by atoms with Crippen LogP contribution in [0, 0.1) is 5.41 Å². The topological polar surface area (TPSA) is 32.6 Å². The molecular formula is C27H37NO. The summed E-state index contributed by atoms with van der Waals surface area (Å²) in [6.07, 6.45) is 2.21. The summed E-state index contributed by atoms with van der Waals surface area (Å²) in [7, 11) is 0. The van der Waals surface area contributed by atoms with Crippen LogP contribution in [0.1, 0.15) is 84.6 Å². The van der Waals surface area contributed by atoms with Gasteiger partial charge in [0.2, 0.25) is 0 Å². The van der Waals surface area contributed by atoms with Crippen molar-refractivity contribution in [2.45, 2.75) is 73.1 Å². The molecule has 0 unspecified atom stereocenters. The first-order chi connectivity index (χ1) is 13.3. The summed E-state index contributed by atoms with van der Waals surface area (Å²) in [5.41, 5.74) is 6.68. The van der Waals surface area contributed by atoms with Gasteiger partial charge in [-0.25, -0.2) is 0 Å². The highest BCUT2D eigenvalue weighted by Gasteiger charge is 2.22. The number of hydrogen-bond donors (Lipinski definition) is 1. The fourth-order valence-corrected chi connectivity index (χ4v) is 3.23. The fourth-order valence-electron chi connectivity index (χ4n) is 3.23. The van der Waals surface area contributed by atoms with Crippen molar-refractivity contribution in [1.29, 1.82) is 0 Å². The molecule has 0 fully saturated rings. The quantitative estimate of drug-likeness (QED) is 0.325.